The molecular weight excluding hydrogens is 220 g/mol. The quantitative estimate of drug-likeness (QED) is 0.706. The lowest BCUT2D eigenvalue weighted by molar-refractivity contribution is -0.136. The molecule has 0 spiro atoms. The summed E-state index contributed by atoms with van der Waals surface area (Å²) in [6.45, 7) is 1.97. The van der Waals surface area contributed by atoms with Crippen LogP contribution in [0.1, 0.15) is 12.5 Å². The third-order valence-electron chi connectivity index (χ3n) is 2.42. The Hall–Kier alpha value is -1.88. The standard InChI is InChI=1S/C12H16N2O3/c1-8(7-13)12(17)14-10-5-3-2-4-9(10)6-11(15)16/h2-5,8H,6-7,13H2,1H3,(H,14,17)(H,15,16). The van der Waals surface area contributed by atoms with Gasteiger partial charge in [-0.3, -0.25) is 9.59 Å². The summed E-state index contributed by atoms with van der Waals surface area (Å²) in [7, 11) is 0. The molecule has 0 aromatic heterocycles. The second-order valence-corrected chi connectivity index (χ2v) is 3.85. The predicted molar refractivity (Wildman–Crippen MR) is 64.6 cm³/mol. The first kappa shape index (κ1) is 13.2. The van der Waals surface area contributed by atoms with Crippen molar-refractivity contribution in [2.24, 2.45) is 11.7 Å². The van der Waals surface area contributed by atoms with E-state index in [1.54, 1.807) is 31.2 Å². The Balaban J connectivity index is 2.83. The van der Waals surface area contributed by atoms with Gasteiger partial charge in [-0.25, -0.2) is 0 Å². The van der Waals surface area contributed by atoms with Crippen molar-refractivity contribution in [1.29, 1.82) is 0 Å². The van der Waals surface area contributed by atoms with Crippen LogP contribution < -0.4 is 11.1 Å². The summed E-state index contributed by atoms with van der Waals surface area (Å²) < 4.78 is 0. The topological polar surface area (TPSA) is 92.4 Å². The maximum Gasteiger partial charge on any atom is 0.307 e. The average molecular weight is 236 g/mol. The Morgan fingerprint density at radius 3 is 2.65 bits per heavy atom. The summed E-state index contributed by atoms with van der Waals surface area (Å²) in [5, 5.41) is 11.4. The molecule has 0 saturated carbocycles. The van der Waals surface area contributed by atoms with Crippen LogP contribution in [0.3, 0.4) is 0 Å². The first-order valence-corrected chi connectivity index (χ1v) is 5.35. The number of benzene rings is 1. The molecular formula is C12H16N2O3. The van der Waals surface area contributed by atoms with Crippen molar-refractivity contribution in [3.8, 4) is 0 Å². The summed E-state index contributed by atoms with van der Waals surface area (Å²) in [4.78, 5) is 22.3. The van der Waals surface area contributed by atoms with Crippen LogP contribution in [-0.2, 0) is 16.0 Å². The van der Waals surface area contributed by atoms with Crippen LogP contribution >= 0.6 is 0 Å². The van der Waals surface area contributed by atoms with Gasteiger partial charge >= 0.3 is 5.97 Å². The van der Waals surface area contributed by atoms with Crippen LogP contribution in [0.5, 0.6) is 0 Å². The number of carbonyl (C=O) groups excluding carboxylic acids is 1. The molecule has 1 aromatic rings. The monoisotopic (exact) mass is 236 g/mol. The van der Waals surface area contributed by atoms with Crippen molar-refractivity contribution < 1.29 is 14.7 Å². The molecule has 92 valence electrons. The van der Waals surface area contributed by atoms with E-state index in [0.29, 0.717) is 11.3 Å². The average Bonchev–Trinajstić information content (AvgIpc) is 2.29. The predicted octanol–water partition coefficient (Wildman–Crippen LogP) is 0.847. The van der Waals surface area contributed by atoms with Crippen LogP contribution in [0.4, 0.5) is 5.69 Å². The molecule has 0 bridgehead atoms. The number of carboxylic acids is 1. The number of anilines is 1. The minimum Gasteiger partial charge on any atom is -0.481 e. The lowest BCUT2D eigenvalue weighted by Crippen LogP contribution is -2.27. The van der Waals surface area contributed by atoms with Gasteiger partial charge < -0.3 is 16.2 Å². The summed E-state index contributed by atoms with van der Waals surface area (Å²) in [6, 6.07) is 6.84. The van der Waals surface area contributed by atoms with Gasteiger partial charge in [-0.2, -0.15) is 0 Å². The van der Waals surface area contributed by atoms with E-state index in [0.717, 1.165) is 0 Å². The Morgan fingerprint density at radius 2 is 2.06 bits per heavy atom. The number of nitrogens with two attached hydrogens (primary N) is 1. The molecule has 4 N–H and O–H groups in total. The highest BCUT2D eigenvalue weighted by atomic mass is 16.4. The number of carboxylic acid groups (broad SMARTS) is 1. The Bertz CT molecular complexity index is 418. The number of hydrogen-bond donors (Lipinski definition) is 3. The van der Waals surface area contributed by atoms with Crippen molar-refractivity contribution in [3.05, 3.63) is 29.8 Å². The minimum absolute atomic E-state index is 0.118. The fourth-order valence-corrected chi connectivity index (χ4v) is 1.32. The molecule has 1 atom stereocenters. The molecule has 5 heteroatoms. The van der Waals surface area contributed by atoms with E-state index in [1.165, 1.54) is 0 Å². The zero-order valence-corrected chi connectivity index (χ0v) is 9.64. The molecule has 0 aliphatic heterocycles. The third kappa shape index (κ3) is 3.88. The molecule has 0 aliphatic rings. The smallest absolute Gasteiger partial charge is 0.307 e. The second-order valence-electron chi connectivity index (χ2n) is 3.85. The van der Waals surface area contributed by atoms with Gasteiger partial charge in [0.2, 0.25) is 5.91 Å². The molecule has 0 fully saturated rings. The number of hydrogen-bond acceptors (Lipinski definition) is 3. The van der Waals surface area contributed by atoms with E-state index < -0.39 is 5.97 Å². The summed E-state index contributed by atoms with van der Waals surface area (Å²) in [5.41, 5.74) is 6.50. The van der Waals surface area contributed by atoms with Crippen LogP contribution in [0, 0.1) is 5.92 Å². The molecule has 1 aromatic carbocycles. The van der Waals surface area contributed by atoms with Crippen LogP contribution in [0.2, 0.25) is 0 Å². The third-order valence-corrected chi connectivity index (χ3v) is 2.42. The van der Waals surface area contributed by atoms with E-state index in [4.69, 9.17) is 10.8 Å². The van der Waals surface area contributed by atoms with Crippen LogP contribution in [0.25, 0.3) is 0 Å². The van der Waals surface area contributed by atoms with Crippen LogP contribution in [-0.4, -0.2) is 23.5 Å². The first-order chi connectivity index (χ1) is 8.04. The molecule has 0 heterocycles. The van der Waals surface area contributed by atoms with Gasteiger partial charge in [0.05, 0.1) is 6.42 Å². The Morgan fingerprint density at radius 1 is 1.41 bits per heavy atom. The van der Waals surface area contributed by atoms with Gasteiger partial charge in [-0.15, -0.1) is 0 Å². The van der Waals surface area contributed by atoms with Crippen molar-refractivity contribution >= 4 is 17.6 Å². The van der Waals surface area contributed by atoms with E-state index in [2.05, 4.69) is 5.32 Å². The van der Waals surface area contributed by atoms with Crippen molar-refractivity contribution in [3.63, 3.8) is 0 Å². The van der Waals surface area contributed by atoms with Gasteiger partial charge in [0.1, 0.15) is 0 Å². The van der Waals surface area contributed by atoms with Crippen LogP contribution in [0.15, 0.2) is 24.3 Å². The van der Waals surface area contributed by atoms with E-state index in [1.807, 2.05) is 0 Å². The number of aliphatic carboxylic acids is 1. The molecule has 0 saturated heterocycles. The molecule has 1 amide bonds. The van der Waals surface area contributed by atoms with Gasteiger partial charge in [-0.1, -0.05) is 25.1 Å². The molecule has 1 unspecified atom stereocenters. The van der Waals surface area contributed by atoms with Crippen molar-refractivity contribution in [2.45, 2.75) is 13.3 Å². The van der Waals surface area contributed by atoms with E-state index in [-0.39, 0.29) is 24.8 Å². The normalized spacial score (nSPS) is 11.9. The fraction of sp³-hybridized carbons (Fsp3) is 0.333. The fourth-order valence-electron chi connectivity index (χ4n) is 1.32. The van der Waals surface area contributed by atoms with Gasteiger partial charge in [-0.05, 0) is 11.6 Å². The lowest BCUT2D eigenvalue weighted by Gasteiger charge is -2.12. The van der Waals surface area contributed by atoms with Gasteiger partial charge in [0, 0.05) is 18.2 Å². The highest BCUT2D eigenvalue weighted by Gasteiger charge is 2.13. The van der Waals surface area contributed by atoms with Gasteiger partial charge in [0.25, 0.3) is 0 Å². The van der Waals surface area contributed by atoms with Gasteiger partial charge in [0.15, 0.2) is 0 Å². The van der Waals surface area contributed by atoms with E-state index >= 15 is 0 Å². The number of para-hydroxylation sites is 1. The maximum atomic E-state index is 11.6. The molecule has 0 radical (unpaired) electrons. The summed E-state index contributed by atoms with van der Waals surface area (Å²) in [5.74, 6) is -1.43. The number of rotatable bonds is 5. The SMILES string of the molecule is CC(CN)C(=O)Nc1ccccc1CC(=O)O. The number of carbonyl (C=O) groups is 2. The largest absolute Gasteiger partial charge is 0.481 e. The molecule has 5 nitrogen and oxygen atoms in total. The molecule has 1 rings (SSSR count). The Kier molecular flexibility index (Phi) is 4.66. The second kappa shape index (κ2) is 6.00. The number of nitrogens with one attached hydrogen (secondary N) is 1. The summed E-state index contributed by atoms with van der Waals surface area (Å²) in [6.07, 6.45) is -0.118. The lowest BCUT2D eigenvalue weighted by atomic mass is 10.1. The minimum atomic E-state index is -0.932. The first-order valence-electron chi connectivity index (χ1n) is 5.35. The highest BCUT2D eigenvalue weighted by Crippen LogP contribution is 2.16. The summed E-state index contributed by atoms with van der Waals surface area (Å²) >= 11 is 0. The van der Waals surface area contributed by atoms with Crippen molar-refractivity contribution in [1.82, 2.24) is 0 Å². The molecule has 17 heavy (non-hydrogen) atoms. The Labute approximate surface area is 99.6 Å². The number of amides is 1. The van der Waals surface area contributed by atoms with Crippen molar-refractivity contribution in [2.75, 3.05) is 11.9 Å². The van der Waals surface area contributed by atoms with E-state index in [9.17, 15) is 9.59 Å². The molecule has 0 aliphatic carbocycles. The zero-order chi connectivity index (χ0) is 12.8. The highest BCUT2D eigenvalue weighted by molar-refractivity contribution is 5.93. The zero-order valence-electron chi connectivity index (χ0n) is 9.64. The maximum absolute atomic E-state index is 11.6.